The van der Waals surface area contributed by atoms with Gasteiger partial charge in [0.15, 0.2) is 11.5 Å². The van der Waals surface area contributed by atoms with E-state index in [0.29, 0.717) is 11.3 Å². The number of imidazole rings is 1. The second kappa shape index (κ2) is 9.41. The zero-order chi connectivity index (χ0) is 25.2. The topological polar surface area (TPSA) is 119 Å². The number of nitrogen functional groups attached to an aromatic ring is 1. The second-order valence-corrected chi connectivity index (χ2v) is 7.44. The van der Waals surface area contributed by atoms with E-state index in [1.54, 1.807) is 18.2 Å². The Hall–Kier alpha value is -4.48. The number of alkyl halides is 3. The van der Waals surface area contributed by atoms with Gasteiger partial charge in [-0.25, -0.2) is 19.3 Å². The summed E-state index contributed by atoms with van der Waals surface area (Å²) in [4.78, 5) is 26.4. The van der Waals surface area contributed by atoms with Crippen molar-refractivity contribution in [3.8, 4) is 17.1 Å². The highest BCUT2D eigenvalue weighted by Crippen LogP contribution is 2.32. The Morgan fingerprint density at radius 2 is 1.83 bits per heavy atom. The van der Waals surface area contributed by atoms with Crippen LogP contribution >= 0.6 is 0 Å². The van der Waals surface area contributed by atoms with Gasteiger partial charge in [-0.1, -0.05) is 6.07 Å². The number of nitrogens with two attached hydrogens (primary N) is 1. The number of nitrogens with zero attached hydrogens (tertiary/aromatic N) is 3. The Labute approximate surface area is 196 Å². The Kier molecular flexibility index (Phi) is 6.36. The Balaban J connectivity index is 1.60. The molecule has 2 aromatic heterocycles. The quantitative estimate of drug-likeness (QED) is 0.339. The molecule has 0 saturated carbocycles. The van der Waals surface area contributed by atoms with Crippen LogP contribution in [0.2, 0.25) is 0 Å². The Morgan fingerprint density at radius 1 is 1.11 bits per heavy atom. The summed E-state index contributed by atoms with van der Waals surface area (Å²) in [7, 11) is 0. The third kappa shape index (κ3) is 5.37. The van der Waals surface area contributed by atoms with E-state index >= 15 is 0 Å². The van der Waals surface area contributed by atoms with Crippen LogP contribution < -0.4 is 15.8 Å². The molecule has 0 saturated heterocycles. The van der Waals surface area contributed by atoms with Gasteiger partial charge in [-0.15, -0.1) is 0 Å². The number of ether oxygens (including phenoxy) is 1. The maximum atomic E-state index is 13.3. The second-order valence-electron chi connectivity index (χ2n) is 7.44. The van der Waals surface area contributed by atoms with E-state index in [1.807, 2.05) is 6.92 Å². The highest BCUT2D eigenvalue weighted by molar-refractivity contribution is 6.06. The molecule has 1 amide bonds. The molecule has 4 rings (SSSR count). The molecule has 0 radical (unpaired) electrons. The normalized spacial score (nSPS) is 11.3. The molecule has 12 heteroatoms. The first-order valence-electron chi connectivity index (χ1n) is 10.1. The summed E-state index contributed by atoms with van der Waals surface area (Å²) in [5, 5.41) is 2.55. The molecule has 0 bridgehead atoms. The number of aryl methyl sites for hydroxylation is 1. The van der Waals surface area contributed by atoms with Crippen LogP contribution in [0.25, 0.3) is 11.3 Å². The lowest BCUT2D eigenvalue weighted by Crippen LogP contribution is -2.15. The van der Waals surface area contributed by atoms with Gasteiger partial charge in [0, 0.05) is 23.6 Å². The lowest BCUT2D eigenvalue weighted by atomic mass is 10.1. The minimum atomic E-state index is -4.82. The molecule has 0 aliphatic heterocycles. The number of benzene rings is 2. The first-order valence-corrected chi connectivity index (χ1v) is 10.1. The lowest BCUT2D eigenvalue weighted by molar-refractivity contribution is -0.144. The summed E-state index contributed by atoms with van der Waals surface area (Å²) in [6, 6.07) is 9.54. The molecular weight excluding hydrogens is 468 g/mol. The molecule has 2 heterocycles. The standard InChI is InChI=1S/C23H18F4N6O2/c1-12-2-7-16(10-14(12)11-35-21-19(28)29-8-9-30-21)31-20(34)18-17(13-3-5-15(24)6-4-13)32-22(33-18)23(25,26)27/h2-10H,11H2,1H3,(H2,28,29)(H,31,34)(H,32,33). The van der Waals surface area contributed by atoms with Crippen LogP contribution in [0.5, 0.6) is 5.88 Å². The molecule has 35 heavy (non-hydrogen) atoms. The Bertz CT molecular complexity index is 1370. The summed E-state index contributed by atoms with van der Waals surface area (Å²) >= 11 is 0. The molecular formula is C23H18F4N6O2. The maximum absolute atomic E-state index is 13.3. The van der Waals surface area contributed by atoms with Gasteiger partial charge in [0.25, 0.3) is 11.8 Å². The molecule has 2 aromatic carbocycles. The molecule has 0 aliphatic rings. The fraction of sp³-hybridized carbons (Fsp3) is 0.130. The fourth-order valence-electron chi connectivity index (χ4n) is 3.19. The molecule has 4 aromatic rings. The number of aromatic amines is 1. The van der Waals surface area contributed by atoms with Gasteiger partial charge in [-0.2, -0.15) is 13.2 Å². The molecule has 0 atom stereocenters. The number of hydrogen-bond acceptors (Lipinski definition) is 6. The van der Waals surface area contributed by atoms with Crippen LogP contribution in [0.4, 0.5) is 29.1 Å². The third-order valence-corrected chi connectivity index (χ3v) is 4.98. The number of H-pyrrole nitrogens is 1. The Morgan fingerprint density at radius 3 is 2.51 bits per heavy atom. The minimum Gasteiger partial charge on any atom is -0.470 e. The number of carbonyl (C=O) groups excluding carboxylic acids is 1. The predicted molar refractivity (Wildman–Crippen MR) is 119 cm³/mol. The van der Waals surface area contributed by atoms with Gasteiger partial charge in [-0.3, -0.25) is 4.79 Å². The van der Waals surface area contributed by atoms with Crippen molar-refractivity contribution in [3.63, 3.8) is 0 Å². The van der Waals surface area contributed by atoms with E-state index in [-0.39, 0.29) is 29.6 Å². The third-order valence-electron chi connectivity index (χ3n) is 4.98. The van der Waals surface area contributed by atoms with Crippen LogP contribution in [-0.2, 0) is 12.8 Å². The zero-order valence-corrected chi connectivity index (χ0v) is 18.2. The maximum Gasteiger partial charge on any atom is 0.449 e. The number of hydrogen-bond donors (Lipinski definition) is 3. The van der Waals surface area contributed by atoms with Crippen molar-refractivity contribution in [2.24, 2.45) is 0 Å². The summed E-state index contributed by atoms with van der Waals surface area (Å²) in [6.45, 7) is 1.88. The van der Waals surface area contributed by atoms with Crippen molar-refractivity contribution in [1.29, 1.82) is 0 Å². The van der Waals surface area contributed by atoms with Crippen LogP contribution in [0.15, 0.2) is 54.9 Å². The molecule has 0 unspecified atom stereocenters. The molecule has 0 fully saturated rings. The van der Waals surface area contributed by atoms with Crippen molar-refractivity contribution in [2.75, 3.05) is 11.1 Å². The number of carbonyl (C=O) groups is 1. The molecule has 4 N–H and O–H groups in total. The number of halogens is 4. The van der Waals surface area contributed by atoms with Crippen LogP contribution in [0.1, 0.15) is 27.4 Å². The van der Waals surface area contributed by atoms with Crippen LogP contribution in [-0.4, -0.2) is 25.8 Å². The van der Waals surface area contributed by atoms with Crippen molar-refractivity contribution < 1.29 is 27.1 Å². The predicted octanol–water partition coefficient (Wildman–Crippen LogP) is 4.75. The molecule has 0 spiro atoms. The summed E-state index contributed by atoms with van der Waals surface area (Å²) in [5.41, 5.74) is 7.00. The van der Waals surface area contributed by atoms with Gasteiger partial charge in [0.05, 0.1) is 5.69 Å². The first-order chi connectivity index (χ1) is 16.6. The van der Waals surface area contributed by atoms with Gasteiger partial charge < -0.3 is 20.8 Å². The smallest absolute Gasteiger partial charge is 0.449 e. The average molecular weight is 486 g/mol. The van der Waals surface area contributed by atoms with Crippen molar-refractivity contribution in [1.82, 2.24) is 19.9 Å². The van der Waals surface area contributed by atoms with E-state index in [1.165, 1.54) is 24.5 Å². The van der Waals surface area contributed by atoms with E-state index in [4.69, 9.17) is 10.5 Å². The SMILES string of the molecule is Cc1ccc(NC(=O)c2nc(C(F)(F)F)[nH]c2-c2ccc(F)cc2)cc1COc1nccnc1N. The lowest BCUT2D eigenvalue weighted by Gasteiger charge is -2.12. The highest BCUT2D eigenvalue weighted by Gasteiger charge is 2.37. The van der Waals surface area contributed by atoms with Gasteiger partial charge in [-0.05, 0) is 54.4 Å². The average Bonchev–Trinajstić information content (AvgIpc) is 3.27. The van der Waals surface area contributed by atoms with Crippen LogP contribution in [0.3, 0.4) is 0 Å². The fourth-order valence-corrected chi connectivity index (χ4v) is 3.19. The van der Waals surface area contributed by atoms with E-state index in [9.17, 15) is 22.4 Å². The van der Waals surface area contributed by atoms with Crippen molar-refractivity contribution >= 4 is 17.4 Å². The van der Waals surface area contributed by atoms with E-state index in [0.717, 1.165) is 17.7 Å². The summed E-state index contributed by atoms with van der Waals surface area (Å²) in [5.74, 6) is -2.55. The monoisotopic (exact) mass is 486 g/mol. The highest BCUT2D eigenvalue weighted by atomic mass is 19.4. The summed E-state index contributed by atoms with van der Waals surface area (Å²) in [6.07, 6.45) is -1.97. The number of amides is 1. The minimum absolute atomic E-state index is 0.0554. The zero-order valence-electron chi connectivity index (χ0n) is 18.2. The number of anilines is 2. The number of rotatable bonds is 6. The van der Waals surface area contributed by atoms with Gasteiger partial charge in [0.1, 0.15) is 12.4 Å². The van der Waals surface area contributed by atoms with E-state index < -0.39 is 29.4 Å². The molecule has 0 aliphatic carbocycles. The molecule has 180 valence electrons. The molecule has 8 nitrogen and oxygen atoms in total. The van der Waals surface area contributed by atoms with Gasteiger partial charge >= 0.3 is 6.18 Å². The summed E-state index contributed by atoms with van der Waals surface area (Å²) < 4.78 is 58.7. The first kappa shape index (κ1) is 23.7. The number of aromatic nitrogens is 4. The largest absolute Gasteiger partial charge is 0.470 e. The number of nitrogens with one attached hydrogen (secondary N) is 2. The van der Waals surface area contributed by atoms with E-state index in [2.05, 4.69) is 25.3 Å². The van der Waals surface area contributed by atoms with Crippen LogP contribution in [0, 0.1) is 12.7 Å². The van der Waals surface area contributed by atoms with Crippen molar-refractivity contribution in [3.05, 3.63) is 83.3 Å². The van der Waals surface area contributed by atoms with Gasteiger partial charge in [0.2, 0.25) is 5.82 Å². The van der Waals surface area contributed by atoms with Crippen molar-refractivity contribution in [2.45, 2.75) is 19.7 Å².